The van der Waals surface area contributed by atoms with Crippen LogP contribution in [-0.2, 0) is 6.42 Å². The number of carbonyl (C=O) groups excluding carboxylic acids is 2. The highest BCUT2D eigenvalue weighted by Crippen LogP contribution is 2.18. The predicted molar refractivity (Wildman–Crippen MR) is 111 cm³/mol. The minimum absolute atomic E-state index is 0.0411. The van der Waals surface area contributed by atoms with Crippen molar-refractivity contribution in [2.75, 3.05) is 31.5 Å². The van der Waals surface area contributed by atoms with E-state index in [4.69, 9.17) is 0 Å². The van der Waals surface area contributed by atoms with Gasteiger partial charge in [-0.05, 0) is 80.6 Å². The van der Waals surface area contributed by atoms with E-state index in [0.29, 0.717) is 22.7 Å². The van der Waals surface area contributed by atoms with Crippen molar-refractivity contribution in [3.8, 4) is 0 Å². The average Bonchev–Trinajstić information content (AvgIpc) is 3.42. The lowest BCUT2D eigenvalue weighted by molar-refractivity contribution is 0.0792. The number of nitrogens with one attached hydrogen (secondary N) is 2. The van der Waals surface area contributed by atoms with Gasteiger partial charge >= 0.3 is 0 Å². The van der Waals surface area contributed by atoms with Gasteiger partial charge < -0.3 is 15.5 Å². The summed E-state index contributed by atoms with van der Waals surface area (Å²) in [6.45, 7) is 3.82. The van der Waals surface area contributed by atoms with Gasteiger partial charge in [-0.3, -0.25) is 9.59 Å². The Balaban J connectivity index is 1.39. The molecule has 0 aromatic heterocycles. The molecule has 0 spiro atoms. The largest absolute Gasteiger partial charge is 0.339 e. The molecule has 4 rings (SSSR count). The number of hydrogen-bond acceptors (Lipinski definition) is 3. The van der Waals surface area contributed by atoms with Crippen molar-refractivity contribution < 1.29 is 9.59 Å². The summed E-state index contributed by atoms with van der Waals surface area (Å²) in [5.74, 6) is 0.578. The van der Waals surface area contributed by atoms with Gasteiger partial charge in [0, 0.05) is 29.9 Å². The molecule has 5 nitrogen and oxygen atoms in total. The molecule has 1 atom stereocenters. The molecule has 5 heteroatoms. The summed E-state index contributed by atoms with van der Waals surface area (Å²) < 4.78 is 0. The van der Waals surface area contributed by atoms with Crippen molar-refractivity contribution in [2.24, 2.45) is 5.92 Å². The van der Waals surface area contributed by atoms with E-state index in [9.17, 15) is 9.59 Å². The fourth-order valence-corrected chi connectivity index (χ4v) is 4.05. The molecule has 2 fully saturated rings. The number of likely N-dealkylation sites (tertiary alicyclic amines) is 1. The van der Waals surface area contributed by atoms with E-state index in [0.717, 1.165) is 45.4 Å². The van der Waals surface area contributed by atoms with Crippen molar-refractivity contribution in [3.63, 3.8) is 0 Å². The normalized spacial score (nSPS) is 19.0. The summed E-state index contributed by atoms with van der Waals surface area (Å²) in [6, 6.07) is 15.1. The Morgan fingerprint density at radius 3 is 2.54 bits per heavy atom. The van der Waals surface area contributed by atoms with E-state index in [2.05, 4.69) is 10.6 Å². The molecule has 0 bridgehead atoms. The van der Waals surface area contributed by atoms with Gasteiger partial charge in [-0.15, -0.1) is 0 Å². The predicted octanol–water partition coefficient (Wildman–Crippen LogP) is 3.33. The number of hydrogen-bond donors (Lipinski definition) is 2. The molecule has 1 unspecified atom stereocenters. The molecule has 2 saturated heterocycles. The van der Waals surface area contributed by atoms with Crippen molar-refractivity contribution in [1.82, 2.24) is 10.2 Å². The maximum absolute atomic E-state index is 12.6. The molecule has 2 aromatic carbocycles. The van der Waals surface area contributed by atoms with E-state index < -0.39 is 0 Å². The van der Waals surface area contributed by atoms with Crippen molar-refractivity contribution in [3.05, 3.63) is 65.2 Å². The van der Waals surface area contributed by atoms with Gasteiger partial charge in [0.2, 0.25) is 0 Å². The lowest BCUT2D eigenvalue weighted by atomic mass is 9.98. The first-order valence-electron chi connectivity index (χ1n) is 10.2. The molecule has 0 aliphatic carbocycles. The Hall–Kier alpha value is -2.66. The lowest BCUT2D eigenvalue weighted by Crippen LogP contribution is -2.27. The maximum atomic E-state index is 12.6. The second-order valence-electron chi connectivity index (χ2n) is 7.79. The average molecular weight is 377 g/mol. The van der Waals surface area contributed by atoms with Gasteiger partial charge in [0.05, 0.1) is 0 Å². The Kier molecular flexibility index (Phi) is 5.72. The summed E-state index contributed by atoms with van der Waals surface area (Å²) >= 11 is 0. The smallest absolute Gasteiger partial charge is 0.255 e. The SMILES string of the molecule is O=C(Nc1cccc(C(=O)N2CCCC2)c1)c1ccc(CC2CCNC2)cc1. The minimum atomic E-state index is -0.153. The number of rotatable bonds is 5. The van der Waals surface area contributed by atoms with Crippen molar-refractivity contribution in [1.29, 1.82) is 0 Å². The van der Waals surface area contributed by atoms with Crippen LogP contribution >= 0.6 is 0 Å². The number of nitrogens with zero attached hydrogens (tertiary/aromatic N) is 1. The third-order valence-electron chi connectivity index (χ3n) is 5.66. The Bertz CT molecular complexity index is 835. The van der Waals surface area contributed by atoms with Crippen LogP contribution in [0.4, 0.5) is 5.69 Å². The van der Waals surface area contributed by atoms with Crippen LogP contribution in [0.2, 0.25) is 0 Å². The van der Waals surface area contributed by atoms with E-state index in [1.165, 1.54) is 12.0 Å². The van der Waals surface area contributed by atoms with E-state index in [-0.39, 0.29) is 11.8 Å². The summed E-state index contributed by atoms with van der Waals surface area (Å²) in [7, 11) is 0. The zero-order valence-electron chi connectivity index (χ0n) is 16.1. The molecule has 2 aliphatic rings. The molecule has 28 heavy (non-hydrogen) atoms. The summed E-state index contributed by atoms with van der Waals surface area (Å²) in [6.07, 6.45) is 4.40. The third-order valence-corrected chi connectivity index (χ3v) is 5.66. The van der Waals surface area contributed by atoms with Crippen LogP contribution < -0.4 is 10.6 Å². The standard InChI is InChI=1S/C23H27N3O2/c27-22(19-8-6-17(7-9-19)14-18-10-11-24-16-18)25-21-5-3-4-20(15-21)23(28)26-12-1-2-13-26/h3-9,15,18,24H,1-2,10-14,16H2,(H,25,27). The molecular formula is C23H27N3O2. The molecule has 0 saturated carbocycles. The number of amides is 2. The van der Waals surface area contributed by atoms with Crippen LogP contribution in [-0.4, -0.2) is 42.9 Å². The highest BCUT2D eigenvalue weighted by molar-refractivity contribution is 6.05. The van der Waals surface area contributed by atoms with Crippen LogP contribution in [0.15, 0.2) is 48.5 Å². The third kappa shape index (κ3) is 4.42. The second-order valence-corrected chi connectivity index (χ2v) is 7.79. The molecule has 2 aliphatic heterocycles. The van der Waals surface area contributed by atoms with Gasteiger partial charge in [0.1, 0.15) is 0 Å². The first-order valence-corrected chi connectivity index (χ1v) is 10.2. The number of benzene rings is 2. The van der Waals surface area contributed by atoms with Crippen LogP contribution in [0, 0.1) is 5.92 Å². The zero-order chi connectivity index (χ0) is 19.3. The molecule has 0 radical (unpaired) electrons. The van der Waals surface area contributed by atoms with Crippen LogP contribution in [0.3, 0.4) is 0 Å². The molecule has 2 aromatic rings. The molecular weight excluding hydrogens is 350 g/mol. The van der Waals surface area contributed by atoms with Crippen LogP contribution in [0.25, 0.3) is 0 Å². The summed E-state index contributed by atoms with van der Waals surface area (Å²) in [4.78, 5) is 27.0. The van der Waals surface area contributed by atoms with Crippen molar-refractivity contribution in [2.45, 2.75) is 25.7 Å². The van der Waals surface area contributed by atoms with E-state index >= 15 is 0 Å². The van der Waals surface area contributed by atoms with Gasteiger partial charge in [-0.1, -0.05) is 18.2 Å². The maximum Gasteiger partial charge on any atom is 0.255 e. The zero-order valence-corrected chi connectivity index (χ0v) is 16.1. The van der Waals surface area contributed by atoms with Gasteiger partial charge in [0.15, 0.2) is 0 Å². The van der Waals surface area contributed by atoms with Gasteiger partial charge in [-0.25, -0.2) is 0 Å². The minimum Gasteiger partial charge on any atom is -0.339 e. The molecule has 2 heterocycles. The fraction of sp³-hybridized carbons (Fsp3) is 0.391. The molecule has 2 amide bonds. The molecule has 2 N–H and O–H groups in total. The fourth-order valence-electron chi connectivity index (χ4n) is 4.05. The van der Waals surface area contributed by atoms with Gasteiger partial charge in [0.25, 0.3) is 11.8 Å². The monoisotopic (exact) mass is 377 g/mol. The quantitative estimate of drug-likeness (QED) is 0.840. The highest BCUT2D eigenvalue weighted by Gasteiger charge is 2.20. The summed E-state index contributed by atoms with van der Waals surface area (Å²) in [5.41, 5.74) is 3.17. The second kappa shape index (κ2) is 8.57. The highest BCUT2D eigenvalue weighted by atomic mass is 16.2. The van der Waals surface area contributed by atoms with Crippen molar-refractivity contribution >= 4 is 17.5 Å². The van der Waals surface area contributed by atoms with Crippen LogP contribution in [0.5, 0.6) is 0 Å². The Labute approximate surface area is 166 Å². The molecule has 146 valence electrons. The lowest BCUT2D eigenvalue weighted by Gasteiger charge is -2.16. The Morgan fingerprint density at radius 1 is 1.04 bits per heavy atom. The van der Waals surface area contributed by atoms with E-state index in [1.807, 2.05) is 47.4 Å². The van der Waals surface area contributed by atoms with Gasteiger partial charge in [-0.2, -0.15) is 0 Å². The Morgan fingerprint density at radius 2 is 1.82 bits per heavy atom. The van der Waals surface area contributed by atoms with E-state index in [1.54, 1.807) is 6.07 Å². The first kappa shape index (κ1) is 18.7. The first-order chi connectivity index (χ1) is 13.7. The number of anilines is 1. The topological polar surface area (TPSA) is 61.4 Å². The number of carbonyl (C=O) groups is 2. The summed E-state index contributed by atoms with van der Waals surface area (Å²) in [5, 5.41) is 6.31. The van der Waals surface area contributed by atoms with Crippen LogP contribution in [0.1, 0.15) is 45.5 Å².